The molecule has 0 aliphatic carbocycles. The normalized spacial score (nSPS) is 10.1. The van der Waals surface area contributed by atoms with E-state index in [1.165, 1.54) is 4.90 Å². The number of aromatic nitrogens is 1. The zero-order chi connectivity index (χ0) is 13.0. The summed E-state index contributed by atoms with van der Waals surface area (Å²) in [5, 5.41) is 0. The van der Waals surface area contributed by atoms with Crippen LogP contribution in [-0.2, 0) is 0 Å². The van der Waals surface area contributed by atoms with Gasteiger partial charge >= 0.3 is 0 Å². The zero-order valence-corrected chi connectivity index (χ0v) is 11.0. The molecule has 0 spiro atoms. The van der Waals surface area contributed by atoms with Gasteiger partial charge in [-0.1, -0.05) is 0 Å². The Morgan fingerprint density at radius 2 is 1.89 bits per heavy atom. The van der Waals surface area contributed by atoms with Crippen molar-refractivity contribution in [2.24, 2.45) is 0 Å². The molecule has 1 heterocycles. The Bertz CT molecular complexity index is 552. The molecule has 0 atom stereocenters. The number of pyridine rings is 1. The first-order valence-corrected chi connectivity index (χ1v) is 6.70. The number of rotatable bonds is 4. The number of aldehydes is 1. The van der Waals surface area contributed by atoms with Crippen molar-refractivity contribution < 1.29 is 9.53 Å². The summed E-state index contributed by atoms with van der Waals surface area (Å²) in [6, 6.07) is 11.2. The number of carbonyl (C=O) groups is 1. The van der Waals surface area contributed by atoms with Gasteiger partial charge in [-0.15, -0.1) is 11.8 Å². The molecule has 1 aromatic heterocycles. The molecule has 2 rings (SSSR count). The van der Waals surface area contributed by atoms with Gasteiger partial charge < -0.3 is 4.74 Å². The van der Waals surface area contributed by atoms with E-state index >= 15 is 0 Å². The minimum Gasteiger partial charge on any atom is -0.439 e. The van der Waals surface area contributed by atoms with E-state index in [1.807, 2.05) is 30.5 Å². The lowest BCUT2D eigenvalue weighted by molar-refractivity contribution is 0.112. The van der Waals surface area contributed by atoms with Gasteiger partial charge in [-0.3, -0.25) is 4.79 Å². The van der Waals surface area contributed by atoms with Crippen molar-refractivity contribution in [3.8, 4) is 11.6 Å². The highest BCUT2D eigenvalue weighted by atomic mass is 32.2. The predicted molar refractivity (Wildman–Crippen MR) is 72.7 cm³/mol. The molecule has 0 saturated heterocycles. The van der Waals surface area contributed by atoms with Gasteiger partial charge in [-0.2, -0.15) is 0 Å². The largest absolute Gasteiger partial charge is 0.439 e. The average Bonchev–Trinajstić information content (AvgIpc) is 2.40. The van der Waals surface area contributed by atoms with E-state index in [2.05, 4.69) is 4.98 Å². The van der Waals surface area contributed by atoms with Crippen molar-refractivity contribution in [3.05, 3.63) is 47.7 Å². The monoisotopic (exact) mass is 259 g/mol. The van der Waals surface area contributed by atoms with Crippen molar-refractivity contribution in [1.82, 2.24) is 4.98 Å². The molecule has 0 aliphatic rings. The third-order valence-corrected chi connectivity index (χ3v) is 3.25. The quantitative estimate of drug-likeness (QED) is 0.619. The van der Waals surface area contributed by atoms with E-state index in [-0.39, 0.29) is 0 Å². The highest BCUT2D eigenvalue weighted by Gasteiger charge is 2.03. The molecule has 0 saturated carbocycles. The lowest BCUT2D eigenvalue weighted by Crippen LogP contribution is -1.94. The molecule has 4 heteroatoms. The molecule has 0 radical (unpaired) electrons. The maximum atomic E-state index is 10.7. The summed E-state index contributed by atoms with van der Waals surface area (Å²) in [4.78, 5) is 16.1. The molecular weight excluding hydrogens is 246 g/mol. The second-order valence-corrected chi connectivity index (χ2v) is 4.60. The van der Waals surface area contributed by atoms with Crippen molar-refractivity contribution in [2.45, 2.75) is 11.8 Å². The van der Waals surface area contributed by atoms with Crippen LogP contribution in [0.2, 0.25) is 0 Å². The van der Waals surface area contributed by atoms with Crippen LogP contribution < -0.4 is 4.74 Å². The molecule has 2 aromatic rings. The van der Waals surface area contributed by atoms with Gasteiger partial charge in [0.25, 0.3) is 0 Å². The number of nitrogens with zero attached hydrogens (tertiary/aromatic N) is 1. The lowest BCUT2D eigenvalue weighted by Gasteiger charge is -2.06. The molecule has 1 aromatic carbocycles. The molecule has 92 valence electrons. The first kappa shape index (κ1) is 12.6. The molecule has 0 fully saturated rings. The van der Waals surface area contributed by atoms with E-state index in [1.54, 1.807) is 30.8 Å². The number of carbonyl (C=O) groups excluding carboxylic acids is 1. The van der Waals surface area contributed by atoms with Crippen LogP contribution in [0, 0.1) is 6.92 Å². The third kappa shape index (κ3) is 2.90. The first-order valence-electron chi connectivity index (χ1n) is 5.47. The summed E-state index contributed by atoms with van der Waals surface area (Å²) in [7, 11) is 0. The predicted octanol–water partition coefficient (Wildman–Crippen LogP) is 3.72. The summed E-state index contributed by atoms with van der Waals surface area (Å²) in [6.45, 7) is 1.79. The van der Waals surface area contributed by atoms with E-state index in [4.69, 9.17) is 4.74 Å². The Labute approximate surface area is 110 Å². The molecule has 0 unspecified atom stereocenters. The summed E-state index contributed by atoms with van der Waals surface area (Å²) >= 11 is 1.68. The van der Waals surface area contributed by atoms with E-state index in [9.17, 15) is 4.79 Å². The van der Waals surface area contributed by atoms with Gasteiger partial charge in [-0.05, 0) is 43.5 Å². The fourth-order valence-electron chi connectivity index (χ4n) is 1.49. The molecule has 3 nitrogen and oxygen atoms in total. The molecule has 0 bridgehead atoms. The molecule has 0 aliphatic heterocycles. The smallest absolute Gasteiger partial charge is 0.219 e. The average molecular weight is 259 g/mol. The molecule has 0 amide bonds. The fraction of sp³-hybridized carbons (Fsp3) is 0.143. The van der Waals surface area contributed by atoms with Gasteiger partial charge in [0.1, 0.15) is 5.75 Å². The van der Waals surface area contributed by atoms with Crippen LogP contribution in [-0.4, -0.2) is 17.5 Å². The minimum absolute atomic E-state index is 0.495. The molecule has 0 N–H and O–H groups in total. The standard InChI is InChI=1S/C14H13NO2S/c1-10-11(9-16)3-8-14(15-10)17-12-4-6-13(18-2)7-5-12/h3-9H,1-2H3. The first-order chi connectivity index (χ1) is 8.72. The highest BCUT2D eigenvalue weighted by Crippen LogP contribution is 2.23. The van der Waals surface area contributed by atoms with Gasteiger partial charge in [0, 0.05) is 16.5 Å². The van der Waals surface area contributed by atoms with E-state index in [0.29, 0.717) is 17.1 Å². The van der Waals surface area contributed by atoms with Crippen molar-refractivity contribution in [1.29, 1.82) is 0 Å². The van der Waals surface area contributed by atoms with Crippen LogP contribution >= 0.6 is 11.8 Å². The van der Waals surface area contributed by atoms with Crippen LogP contribution in [0.25, 0.3) is 0 Å². The molecular formula is C14H13NO2S. The Balaban J connectivity index is 2.17. The van der Waals surface area contributed by atoms with Crippen molar-refractivity contribution in [3.63, 3.8) is 0 Å². The Morgan fingerprint density at radius 3 is 2.44 bits per heavy atom. The van der Waals surface area contributed by atoms with Gasteiger partial charge in [0.05, 0.1) is 5.69 Å². The third-order valence-electron chi connectivity index (χ3n) is 2.51. The van der Waals surface area contributed by atoms with E-state index < -0.39 is 0 Å². The number of hydrogen-bond acceptors (Lipinski definition) is 4. The number of hydrogen-bond donors (Lipinski definition) is 0. The fourth-order valence-corrected chi connectivity index (χ4v) is 1.90. The Hall–Kier alpha value is -1.81. The number of benzene rings is 1. The van der Waals surface area contributed by atoms with Crippen LogP contribution in [0.3, 0.4) is 0 Å². The van der Waals surface area contributed by atoms with Crippen LogP contribution in [0.1, 0.15) is 16.1 Å². The van der Waals surface area contributed by atoms with E-state index in [0.717, 1.165) is 12.0 Å². The van der Waals surface area contributed by atoms with Gasteiger partial charge in [0.15, 0.2) is 6.29 Å². The second kappa shape index (κ2) is 5.69. The van der Waals surface area contributed by atoms with Crippen LogP contribution in [0.15, 0.2) is 41.3 Å². The second-order valence-electron chi connectivity index (χ2n) is 3.72. The van der Waals surface area contributed by atoms with Crippen LogP contribution in [0.5, 0.6) is 11.6 Å². The number of ether oxygens (including phenoxy) is 1. The summed E-state index contributed by atoms with van der Waals surface area (Å²) in [6.07, 6.45) is 2.82. The summed E-state index contributed by atoms with van der Waals surface area (Å²) in [5.41, 5.74) is 1.25. The van der Waals surface area contributed by atoms with Crippen LogP contribution in [0.4, 0.5) is 0 Å². The van der Waals surface area contributed by atoms with Gasteiger partial charge in [0.2, 0.25) is 5.88 Å². The summed E-state index contributed by atoms with van der Waals surface area (Å²) < 4.78 is 5.62. The number of thioether (sulfide) groups is 1. The Kier molecular flexibility index (Phi) is 3.99. The number of aryl methyl sites for hydroxylation is 1. The van der Waals surface area contributed by atoms with Crippen molar-refractivity contribution in [2.75, 3.05) is 6.26 Å². The Morgan fingerprint density at radius 1 is 1.17 bits per heavy atom. The SMILES string of the molecule is CSc1ccc(Oc2ccc(C=O)c(C)n2)cc1. The lowest BCUT2D eigenvalue weighted by atomic mass is 10.2. The molecule has 18 heavy (non-hydrogen) atoms. The van der Waals surface area contributed by atoms with Crippen molar-refractivity contribution >= 4 is 18.0 Å². The topological polar surface area (TPSA) is 39.2 Å². The highest BCUT2D eigenvalue weighted by molar-refractivity contribution is 7.98. The van der Waals surface area contributed by atoms with Gasteiger partial charge in [-0.25, -0.2) is 4.98 Å². The minimum atomic E-state index is 0.495. The maximum absolute atomic E-state index is 10.7. The summed E-state index contributed by atoms with van der Waals surface area (Å²) in [5.74, 6) is 1.23. The maximum Gasteiger partial charge on any atom is 0.219 e. The zero-order valence-electron chi connectivity index (χ0n) is 10.2.